The highest BCUT2D eigenvalue weighted by Gasteiger charge is 2.11. The van der Waals surface area contributed by atoms with Crippen LogP contribution in [0.4, 0.5) is 4.39 Å². The van der Waals surface area contributed by atoms with E-state index in [0.29, 0.717) is 6.42 Å². The summed E-state index contributed by atoms with van der Waals surface area (Å²) in [5, 5.41) is 0. The van der Waals surface area contributed by atoms with Crippen LogP contribution < -0.4 is 0 Å². The van der Waals surface area contributed by atoms with Gasteiger partial charge in [-0.2, -0.15) is 0 Å². The Balaban J connectivity index is 2.25. The summed E-state index contributed by atoms with van der Waals surface area (Å²) >= 11 is 0. The predicted octanol–water partition coefficient (Wildman–Crippen LogP) is 4.18. The Morgan fingerprint density at radius 1 is 0.947 bits per heavy atom. The highest BCUT2D eigenvalue weighted by molar-refractivity contribution is 5.99. The summed E-state index contributed by atoms with van der Waals surface area (Å²) in [6, 6.07) is 10.1. The van der Waals surface area contributed by atoms with Crippen LogP contribution in [0.1, 0.15) is 32.6 Å². The van der Waals surface area contributed by atoms with E-state index in [1.54, 1.807) is 12.1 Å². The van der Waals surface area contributed by atoms with E-state index in [4.69, 9.17) is 0 Å². The average Bonchev–Trinajstić information content (AvgIpc) is 2.36. The molecule has 0 aliphatic carbocycles. The molecule has 0 spiro atoms. The molecule has 0 aliphatic rings. The Kier molecular flexibility index (Phi) is 3.79. The van der Waals surface area contributed by atoms with Crippen LogP contribution in [0.3, 0.4) is 0 Å². The van der Waals surface area contributed by atoms with Gasteiger partial charge in [0, 0.05) is 12.0 Å². The minimum atomic E-state index is -0.279. The van der Waals surface area contributed by atoms with E-state index in [-0.39, 0.29) is 11.6 Å². The molecule has 0 aromatic heterocycles. The Morgan fingerprint density at radius 3 is 2.16 bits per heavy atom. The normalized spacial score (nSPS) is 10.5. The van der Waals surface area contributed by atoms with Crippen molar-refractivity contribution in [1.29, 1.82) is 0 Å². The van der Waals surface area contributed by atoms with E-state index in [9.17, 15) is 9.18 Å². The molecule has 2 heteroatoms. The summed E-state index contributed by atoms with van der Waals surface area (Å²) < 4.78 is 12.8. The van der Waals surface area contributed by atoms with Crippen molar-refractivity contribution in [2.45, 2.75) is 27.2 Å². The smallest absolute Gasteiger partial charge is 0.167 e. The number of halogens is 1. The Bertz CT molecular complexity index is 612. The van der Waals surface area contributed by atoms with Crippen molar-refractivity contribution < 1.29 is 9.18 Å². The summed E-state index contributed by atoms with van der Waals surface area (Å²) in [5.41, 5.74) is 4.90. The standard InChI is InChI=1S/C17H17FO/c1-11-8-13(3)16(9-12(11)2)17(19)10-14-4-6-15(18)7-5-14/h4-9H,10H2,1-3H3. The molecule has 2 aromatic carbocycles. The van der Waals surface area contributed by atoms with Crippen molar-refractivity contribution in [3.05, 3.63) is 70.0 Å². The molecule has 1 nitrogen and oxygen atoms in total. The van der Waals surface area contributed by atoms with E-state index in [1.165, 1.54) is 17.7 Å². The molecule has 2 aromatic rings. The lowest BCUT2D eigenvalue weighted by Gasteiger charge is -2.09. The van der Waals surface area contributed by atoms with Crippen LogP contribution in [0.2, 0.25) is 0 Å². The van der Waals surface area contributed by atoms with Gasteiger partial charge in [-0.25, -0.2) is 4.39 Å². The number of carbonyl (C=O) groups excluding carboxylic acids is 1. The van der Waals surface area contributed by atoms with Crippen molar-refractivity contribution in [2.24, 2.45) is 0 Å². The highest BCUT2D eigenvalue weighted by Crippen LogP contribution is 2.17. The maximum absolute atomic E-state index is 12.8. The van der Waals surface area contributed by atoms with Gasteiger partial charge in [-0.15, -0.1) is 0 Å². The summed E-state index contributed by atoms with van der Waals surface area (Å²) in [7, 11) is 0. The van der Waals surface area contributed by atoms with Crippen molar-refractivity contribution in [2.75, 3.05) is 0 Å². The number of hydrogen-bond donors (Lipinski definition) is 0. The number of carbonyl (C=O) groups is 1. The van der Waals surface area contributed by atoms with Crippen LogP contribution >= 0.6 is 0 Å². The van der Waals surface area contributed by atoms with Gasteiger partial charge >= 0.3 is 0 Å². The third-order valence-electron chi connectivity index (χ3n) is 3.42. The van der Waals surface area contributed by atoms with Gasteiger partial charge in [0.15, 0.2) is 5.78 Å². The largest absolute Gasteiger partial charge is 0.294 e. The van der Waals surface area contributed by atoms with Gasteiger partial charge in [-0.05, 0) is 61.2 Å². The molecular weight excluding hydrogens is 239 g/mol. The molecule has 19 heavy (non-hydrogen) atoms. The van der Waals surface area contributed by atoms with Crippen LogP contribution in [-0.4, -0.2) is 5.78 Å². The quantitative estimate of drug-likeness (QED) is 0.753. The molecule has 0 radical (unpaired) electrons. The SMILES string of the molecule is Cc1cc(C)c(C(=O)Cc2ccc(F)cc2)cc1C. The number of ketones is 1. The van der Waals surface area contributed by atoms with Gasteiger partial charge in [0.25, 0.3) is 0 Å². The molecule has 0 heterocycles. The monoisotopic (exact) mass is 256 g/mol. The van der Waals surface area contributed by atoms with Crippen LogP contribution in [0.25, 0.3) is 0 Å². The van der Waals surface area contributed by atoms with Gasteiger partial charge in [0.1, 0.15) is 5.82 Å². The molecule has 0 saturated heterocycles. The molecule has 0 aliphatic heterocycles. The molecule has 0 amide bonds. The zero-order chi connectivity index (χ0) is 14.0. The number of hydrogen-bond acceptors (Lipinski definition) is 1. The van der Waals surface area contributed by atoms with E-state index in [1.807, 2.05) is 32.9 Å². The fraction of sp³-hybridized carbons (Fsp3) is 0.235. The molecule has 0 saturated carbocycles. The topological polar surface area (TPSA) is 17.1 Å². The second-order valence-corrected chi connectivity index (χ2v) is 4.98. The molecule has 98 valence electrons. The maximum Gasteiger partial charge on any atom is 0.167 e. The first-order chi connectivity index (χ1) is 8.97. The molecule has 0 atom stereocenters. The highest BCUT2D eigenvalue weighted by atomic mass is 19.1. The van der Waals surface area contributed by atoms with E-state index >= 15 is 0 Å². The third kappa shape index (κ3) is 3.08. The first-order valence-corrected chi connectivity index (χ1v) is 6.33. The number of aryl methyl sites for hydroxylation is 3. The zero-order valence-corrected chi connectivity index (χ0v) is 11.5. The van der Waals surface area contributed by atoms with Crippen molar-refractivity contribution >= 4 is 5.78 Å². The molecule has 0 unspecified atom stereocenters. The lowest BCUT2D eigenvalue weighted by Crippen LogP contribution is -2.06. The number of rotatable bonds is 3. The molecular formula is C17H17FO. The van der Waals surface area contributed by atoms with Crippen molar-refractivity contribution in [3.8, 4) is 0 Å². The van der Waals surface area contributed by atoms with E-state index in [2.05, 4.69) is 0 Å². The van der Waals surface area contributed by atoms with Gasteiger partial charge < -0.3 is 0 Å². The lowest BCUT2D eigenvalue weighted by molar-refractivity contribution is 0.0992. The van der Waals surface area contributed by atoms with Gasteiger partial charge in [-0.1, -0.05) is 18.2 Å². The molecule has 0 fully saturated rings. The molecule has 0 N–H and O–H groups in total. The molecule has 0 bridgehead atoms. The van der Waals surface area contributed by atoms with Crippen molar-refractivity contribution in [1.82, 2.24) is 0 Å². The summed E-state index contributed by atoms with van der Waals surface area (Å²) in [6.07, 6.45) is 0.309. The van der Waals surface area contributed by atoms with Crippen LogP contribution in [0, 0.1) is 26.6 Å². The first-order valence-electron chi connectivity index (χ1n) is 6.33. The fourth-order valence-electron chi connectivity index (χ4n) is 2.14. The summed E-state index contributed by atoms with van der Waals surface area (Å²) in [6.45, 7) is 5.99. The number of Topliss-reactive ketones (excluding diaryl/α,β-unsaturated/α-hetero) is 1. The second-order valence-electron chi connectivity index (χ2n) is 4.98. The van der Waals surface area contributed by atoms with Gasteiger partial charge in [-0.3, -0.25) is 4.79 Å². The van der Waals surface area contributed by atoms with Gasteiger partial charge in [0.05, 0.1) is 0 Å². The van der Waals surface area contributed by atoms with Crippen LogP contribution in [0.15, 0.2) is 36.4 Å². The zero-order valence-electron chi connectivity index (χ0n) is 11.5. The predicted molar refractivity (Wildman–Crippen MR) is 75.1 cm³/mol. The van der Waals surface area contributed by atoms with Crippen LogP contribution in [0.5, 0.6) is 0 Å². The Labute approximate surface area is 113 Å². The minimum absolute atomic E-state index is 0.0761. The molecule has 2 rings (SSSR count). The number of benzene rings is 2. The Hall–Kier alpha value is -1.96. The van der Waals surface area contributed by atoms with Crippen molar-refractivity contribution in [3.63, 3.8) is 0 Å². The van der Waals surface area contributed by atoms with Crippen LogP contribution in [-0.2, 0) is 6.42 Å². The third-order valence-corrected chi connectivity index (χ3v) is 3.42. The Morgan fingerprint density at radius 2 is 1.53 bits per heavy atom. The average molecular weight is 256 g/mol. The lowest BCUT2D eigenvalue weighted by atomic mass is 9.95. The maximum atomic E-state index is 12.8. The fourth-order valence-corrected chi connectivity index (χ4v) is 2.14. The van der Waals surface area contributed by atoms with E-state index in [0.717, 1.165) is 22.3 Å². The van der Waals surface area contributed by atoms with Gasteiger partial charge in [0.2, 0.25) is 0 Å². The minimum Gasteiger partial charge on any atom is -0.294 e. The second kappa shape index (κ2) is 5.35. The van der Waals surface area contributed by atoms with E-state index < -0.39 is 0 Å². The first kappa shape index (κ1) is 13.5. The summed E-state index contributed by atoms with van der Waals surface area (Å²) in [4.78, 5) is 12.3. The summed E-state index contributed by atoms with van der Waals surface area (Å²) in [5.74, 6) is -0.203.